The fourth-order valence-electron chi connectivity index (χ4n) is 3.46. The molecule has 0 saturated carbocycles. The number of fused-ring (bicyclic) bond motifs is 1. The molecule has 0 radical (unpaired) electrons. The predicted molar refractivity (Wildman–Crippen MR) is 119 cm³/mol. The molecule has 2 aromatic carbocycles. The summed E-state index contributed by atoms with van der Waals surface area (Å²) in [6, 6.07) is 16.6. The quantitative estimate of drug-likeness (QED) is 0.266. The van der Waals surface area contributed by atoms with Crippen molar-refractivity contribution < 1.29 is 17.6 Å². The van der Waals surface area contributed by atoms with E-state index in [0.717, 1.165) is 5.56 Å². The van der Waals surface area contributed by atoms with Gasteiger partial charge in [-0.1, -0.05) is 50.2 Å². The van der Waals surface area contributed by atoms with E-state index in [1.54, 1.807) is 60.8 Å². The molecule has 7 heteroatoms. The van der Waals surface area contributed by atoms with Gasteiger partial charge in [-0.2, -0.15) is 22.7 Å². The summed E-state index contributed by atoms with van der Waals surface area (Å²) < 4.78 is 54.9. The molecule has 4 aromatic rings. The van der Waals surface area contributed by atoms with Gasteiger partial charge >= 0.3 is 6.18 Å². The van der Waals surface area contributed by atoms with E-state index >= 15 is 0 Å². The molecule has 3 nitrogen and oxygen atoms in total. The zero-order valence-corrected chi connectivity index (χ0v) is 18.0. The van der Waals surface area contributed by atoms with Crippen LogP contribution in [0.5, 0.6) is 0 Å². The molecule has 2 heterocycles. The van der Waals surface area contributed by atoms with Crippen LogP contribution in [0, 0.1) is 12.9 Å². The van der Waals surface area contributed by atoms with Crippen LogP contribution >= 0.6 is 0 Å². The van der Waals surface area contributed by atoms with Gasteiger partial charge in [0.25, 0.3) is 0 Å². The summed E-state index contributed by atoms with van der Waals surface area (Å²) in [5, 5.41) is 6.32. The zero-order chi connectivity index (χ0) is 23.3. The van der Waals surface area contributed by atoms with E-state index in [1.165, 1.54) is 6.07 Å². The largest absolute Gasteiger partial charge is 0.393 e. The number of hydrogen-bond donors (Lipinski definition) is 1. The van der Waals surface area contributed by atoms with Crippen LogP contribution in [-0.2, 0) is 0 Å². The second kappa shape index (κ2) is 9.77. The molecule has 4 rings (SSSR count). The van der Waals surface area contributed by atoms with Crippen molar-refractivity contribution in [1.29, 1.82) is 0 Å². The standard InChI is InChI=1S/C23H17F4N3.C2H6/c1-14-9-10-28-20(11-14)21(16-7-8-19-17(12-16)22(24)30-29-19)18(13-23(25,26)27)15-5-3-2-4-6-15;1-2/h2-12H,13H2,1H3,(H,29,30);1-2H3/b21-18-;. The van der Waals surface area contributed by atoms with Gasteiger partial charge in [0.2, 0.25) is 5.95 Å². The highest BCUT2D eigenvalue weighted by molar-refractivity contribution is 5.99. The van der Waals surface area contributed by atoms with Crippen LogP contribution in [0.3, 0.4) is 0 Å². The Kier molecular flexibility index (Phi) is 7.08. The number of nitrogens with zero attached hydrogens (tertiary/aromatic N) is 2. The van der Waals surface area contributed by atoms with Gasteiger partial charge in [0.05, 0.1) is 23.0 Å². The van der Waals surface area contributed by atoms with Gasteiger partial charge in [0.15, 0.2) is 0 Å². The van der Waals surface area contributed by atoms with Crippen LogP contribution in [-0.4, -0.2) is 21.4 Å². The normalized spacial score (nSPS) is 12.2. The summed E-state index contributed by atoms with van der Waals surface area (Å²) in [7, 11) is 0. The topological polar surface area (TPSA) is 41.6 Å². The zero-order valence-electron chi connectivity index (χ0n) is 18.0. The molecule has 32 heavy (non-hydrogen) atoms. The molecule has 0 aliphatic heterocycles. The number of aromatic nitrogens is 3. The predicted octanol–water partition coefficient (Wildman–Crippen LogP) is 7.34. The molecule has 0 fully saturated rings. The lowest BCUT2D eigenvalue weighted by Gasteiger charge is -2.18. The number of pyridine rings is 1. The molecule has 0 atom stereocenters. The van der Waals surface area contributed by atoms with Crippen molar-refractivity contribution in [2.24, 2.45) is 0 Å². The molecule has 1 N–H and O–H groups in total. The van der Waals surface area contributed by atoms with Gasteiger partial charge in [-0.15, -0.1) is 0 Å². The van der Waals surface area contributed by atoms with E-state index in [2.05, 4.69) is 15.2 Å². The van der Waals surface area contributed by atoms with Crippen LogP contribution < -0.4 is 0 Å². The summed E-state index contributed by atoms with van der Waals surface area (Å²) in [5.74, 6) is -0.638. The molecule has 0 aliphatic carbocycles. The highest BCUT2D eigenvalue weighted by Gasteiger charge is 2.32. The highest BCUT2D eigenvalue weighted by Crippen LogP contribution is 2.39. The number of rotatable bonds is 4. The van der Waals surface area contributed by atoms with Crippen LogP contribution in [0.25, 0.3) is 22.0 Å². The van der Waals surface area contributed by atoms with Gasteiger partial charge in [0.1, 0.15) is 0 Å². The number of alkyl halides is 3. The van der Waals surface area contributed by atoms with Gasteiger partial charge in [-0.25, -0.2) is 0 Å². The maximum atomic E-state index is 14.1. The lowest BCUT2D eigenvalue weighted by atomic mass is 9.89. The number of H-pyrrole nitrogens is 1. The summed E-state index contributed by atoms with van der Waals surface area (Å²) in [6.45, 7) is 5.84. The number of benzene rings is 2. The maximum Gasteiger partial charge on any atom is 0.393 e. The second-order valence-corrected chi connectivity index (χ2v) is 7.00. The first-order valence-electron chi connectivity index (χ1n) is 10.2. The highest BCUT2D eigenvalue weighted by atomic mass is 19.4. The fourth-order valence-corrected chi connectivity index (χ4v) is 3.46. The van der Waals surface area contributed by atoms with Crippen molar-refractivity contribution in [2.75, 3.05) is 0 Å². The Balaban J connectivity index is 0.00000141. The monoisotopic (exact) mass is 441 g/mol. The van der Waals surface area contributed by atoms with Crippen LogP contribution in [0.2, 0.25) is 0 Å². The first-order valence-corrected chi connectivity index (χ1v) is 10.2. The van der Waals surface area contributed by atoms with Crippen LogP contribution in [0.15, 0.2) is 66.9 Å². The average molecular weight is 441 g/mol. The third-order valence-corrected chi connectivity index (χ3v) is 4.77. The number of hydrogen-bond acceptors (Lipinski definition) is 2. The third kappa shape index (κ3) is 5.22. The molecule has 0 amide bonds. The number of aryl methyl sites for hydroxylation is 1. The average Bonchev–Trinajstić information content (AvgIpc) is 3.15. The fraction of sp³-hybridized carbons (Fsp3) is 0.200. The molecular formula is C25H23F4N3. The van der Waals surface area contributed by atoms with Crippen molar-refractivity contribution in [3.8, 4) is 0 Å². The van der Waals surface area contributed by atoms with Crippen molar-refractivity contribution >= 4 is 22.0 Å². The Bertz CT molecular complexity index is 1220. The molecule has 2 aromatic heterocycles. The Morgan fingerprint density at radius 2 is 1.66 bits per heavy atom. The van der Waals surface area contributed by atoms with Gasteiger partial charge in [-0.3, -0.25) is 10.1 Å². The lowest BCUT2D eigenvalue weighted by Crippen LogP contribution is -2.10. The molecule has 0 spiro atoms. The molecule has 166 valence electrons. The van der Waals surface area contributed by atoms with Crippen molar-refractivity contribution in [1.82, 2.24) is 15.2 Å². The third-order valence-electron chi connectivity index (χ3n) is 4.77. The van der Waals surface area contributed by atoms with Crippen molar-refractivity contribution in [2.45, 2.75) is 33.4 Å². The van der Waals surface area contributed by atoms with Gasteiger partial charge < -0.3 is 0 Å². The smallest absolute Gasteiger partial charge is 0.256 e. The molecule has 0 unspecified atom stereocenters. The van der Waals surface area contributed by atoms with E-state index in [-0.39, 0.29) is 11.0 Å². The Morgan fingerprint density at radius 3 is 2.31 bits per heavy atom. The number of allylic oxidation sites excluding steroid dienone is 1. The lowest BCUT2D eigenvalue weighted by molar-refractivity contribution is -0.122. The second-order valence-electron chi connectivity index (χ2n) is 7.00. The van der Waals surface area contributed by atoms with Crippen LogP contribution in [0.4, 0.5) is 17.6 Å². The van der Waals surface area contributed by atoms with E-state index in [1.807, 2.05) is 20.8 Å². The first kappa shape index (κ1) is 23.2. The van der Waals surface area contributed by atoms with Crippen molar-refractivity contribution in [3.63, 3.8) is 0 Å². The van der Waals surface area contributed by atoms with E-state index < -0.39 is 18.5 Å². The summed E-state index contributed by atoms with van der Waals surface area (Å²) >= 11 is 0. The molecule has 0 saturated heterocycles. The summed E-state index contributed by atoms with van der Waals surface area (Å²) in [4.78, 5) is 4.34. The minimum atomic E-state index is -4.44. The Labute approximate surface area is 183 Å². The van der Waals surface area contributed by atoms with Gasteiger partial charge in [-0.05, 0) is 53.5 Å². The summed E-state index contributed by atoms with van der Waals surface area (Å²) in [5.41, 5.74) is 2.89. The SMILES string of the molecule is CC.Cc1ccnc(/C(=C(/CC(F)(F)F)c2ccccc2)c2ccc3n[nH]c(F)c3c2)c1. The minimum Gasteiger partial charge on any atom is -0.256 e. The first-order chi connectivity index (χ1) is 15.3. The molecule has 0 bridgehead atoms. The summed E-state index contributed by atoms with van der Waals surface area (Å²) in [6.07, 6.45) is -4.03. The van der Waals surface area contributed by atoms with Gasteiger partial charge in [0, 0.05) is 11.8 Å². The van der Waals surface area contributed by atoms with Crippen LogP contribution in [0.1, 0.15) is 42.7 Å². The Hall–Kier alpha value is -3.48. The molecular weight excluding hydrogens is 418 g/mol. The minimum absolute atomic E-state index is 0.0736. The molecule has 0 aliphatic rings. The number of nitrogens with one attached hydrogen (secondary N) is 1. The number of aromatic amines is 1. The van der Waals surface area contributed by atoms with E-state index in [9.17, 15) is 17.6 Å². The van der Waals surface area contributed by atoms with Crippen molar-refractivity contribution in [3.05, 3.63) is 95.2 Å². The number of halogens is 4. The maximum absolute atomic E-state index is 14.1. The van der Waals surface area contributed by atoms with E-state index in [4.69, 9.17) is 0 Å². The van der Waals surface area contributed by atoms with E-state index in [0.29, 0.717) is 27.9 Å². The Morgan fingerprint density at radius 1 is 0.938 bits per heavy atom.